The van der Waals surface area contributed by atoms with Crippen molar-refractivity contribution in [3.8, 4) is 0 Å². The van der Waals surface area contributed by atoms with E-state index in [1.165, 1.54) is 0 Å². The van der Waals surface area contributed by atoms with Crippen molar-refractivity contribution in [2.75, 3.05) is 0 Å². The van der Waals surface area contributed by atoms with Crippen LogP contribution in [0.15, 0.2) is 24.2 Å². The SMILES string of the molecule is C/C=C\N/C(=C\N)C(C)C. The highest BCUT2D eigenvalue weighted by molar-refractivity contribution is 5.03. The lowest BCUT2D eigenvalue weighted by Crippen LogP contribution is -2.12. The van der Waals surface area contributed by atoms with E-state index in [-0.39, 0.29) is 0 Å². The third-order valence-corrected chi connectivity index (χ3v) is 1.22. The molecule has 0 saturated heterocycles. The average molecular weight is 140 g/mol. The van der Waals surface area contributed by atoms with E-state index >= 15 is 0 Å². The van der Waals surface area contributed by atoms with E-state index < -0.39 is 0 Å². The van der Waals surface area contributed by atoms with Gasteiger partial charge in [0.15, 0.2) is 0 Å². The fourth-order valence-corrected chi connectivity index (χ4v) is 0.587. The molecule has 0 atom stereocenters. The van der Waals surface area contributed by atoms with Gasteiger partial charge in [0, 0.05) is 11.9 Å². The molecule has 2 nitrogen and oxygen atoms in total. The van der Waals surface area contributed by atoms with Crippen LogP contribution < -0.4 is 11.1 Å². The quantitative estimate of drug-likeness (QED) is 0.624. The van der Waals surface area contributed by atoms with Gasteiger partial charge in [-0.15, -0.1) is 0 Å². The van der Waals surface area contributed by atoms with Crippen LogP contribution in [0.25, 0.3) is 0 Å². The predicted molar refractivity (Wildman–Crippen MR) is 45.1 cm³/mol. The van der Waals surface area contributed by atoms with Gasteiger partial charge in [-0.1, -0.05) is 19.9 Å². The Morgan fingerprint density at radius 1 is 1.50 bits per heavy atom. The van der Waals surface area contributed by atoms with Gasteiger partial charge in [0.05, 0.1) is 0 Å². The van der Waals surface area contributed by atoms with Crippen LogP contribution in [0, 0.1) is 5.92 Å². The molecule has 0 heterocycles. The van der Waals surface area contributed by atoms with Crippen molar-refractivity contribution in [2.24, 2.45) is 11.7 Å². The van der Waals surface area contributed by atoms with Gasteiger partial charge in [-0.25, -0.2) is 0 Å². The zero-order chi connectivity index (χ0) is 7.98. The third kappa shape index (κ3) is 3.17. The largest absolute Gasteiger partial charge is 0.403 e. The summed E-state index contributed by atoms with van der Waals surface area (Å²) in [5, 5.41) is 3.07. The number of hydrogen-bond donors (Lipinski definition) is 2. The van der Waals surface area contributed by atoms with E-state index in [1.54, 1.807) is 6.20 Å². The molecule has 0 rings (SSSR count). The fourth-order valence-electron chi connectivity index (χ4n) is 0.587. The Bertz CT molecular complexity index is 134. The van der Waals surface area contributed by atoms with Crippen molar-refractivity contribution in [1.82, 2.24) is 5.32 Å². The molecule has 0 aromatic carbocycles. The molecule has 0 bridgehead atoms. The summed E-state index contributed by atoms with van der Waals surface area (Å²) in [5.41, 5.74) is 6.41. The smallest absolute Gasteiger partial charge is 0.0329 e. The van der Waals surface area contributed by atoms with Crippen molar-refractivity contribution in [1.29, 1.82) is 0 Å². The second-order valence-corrected chi connectivity index (χ2v) is 2.42. The van der Waals surface area contributed by atoms with Crippen molar-refractivity contribution in [2.45, 2.75) is 20.8 Å². The van der Waals surface area contributed by atoms with Crippen LogP contribution in [-0.4, -0.2) is 0 Å². The van der Waals surface area contributed by atoms with Crippen LogP contribution in [0.1, 0.15) is 20.8 Å². The highest BCUT2D eigenvalue weighted by Gasteiger charge is 1.97. The third-order valence-electron chi connectivity index (χ3n) is 1.22. The molecule has 0 amide bonds. The molecule has 0 aliphatic rings. The van der Waals surface area contributed by atoms with Crippen molar-refractivity contribution < 1.29 is 0 Å². The second kappa shape index (κ2) is 4.91. The molecule has 3 N–H and O–H groups in total. The standard InChI is InChI=1S/C8H16N2/c1-4-5-10-8(6-9)7(2)3/h4-7,10H,9H2,1-3H3/b5-4-,8-6-. The molecule has 0 aliphatic heterocycles. The summed E-state index contributed by atoms with van der Waals surface area (Å²) in [6, 6.07) is 0. The van der Waals surface area contributed by atoms with Crippen LogP contribution in [-0.2, 0) is 0 Å². The number of rotatable bonds is 3. The molecule has 0 saturated carbocycles. The lowest BCUT2D eigenvalue weighted by molar-refractivity contribution is 0.710. The summed E-state index contributed by atoms with van der Waals surface area (Å²) >= 11 is 0. The van der Waals surface area contributed by atoms with E-state index in [4.69, 9.17) is 5.73 Å². The first-order valence-corrected chi connectivity index (χ1v) is 3.51. The van der Waals surface area contributed by atoms with Crippen molar-refractivity contribution >= 4 is 0 Å². The van der Waals surface area contributed by atoms with Gasteiger partial charge in [-0.2, -0.15) is 0 Å². The number of nitrogens with two attached hydrogens (primary N) is 1. The maximum atomic E-state index is 5.36. The minimum Gasteiger partial charge on any atom is -0.403 e. The Balaban J connectivity index is 3.86. The highest BCUT2D eigenvalue weighted by atomic mass is 14.9. The molecule has 0 unspecified atom stereocenters. The average Bonchev–Trinajstić information content (AvgIpc) is 1.89. The molecule has 0 aromatic heterocycles. The molecule has 10 heavy (non-hydrogen) atoms. The first kappa shape index (κ1) is 9.08. The van der Waals surface area contributed by atoms with E-state index in [2.05, 4.69) is 19.2 Å². The fraction of sp³-hybridized carbons (Fsp3) is 0.500. The molecular weight excluding hydrogens is 124 g/mol. The first-order valence-electron chi connectivity index (χ1n) is 3.51. The molecular formula is C8H16N2. The molecule has 58 valence electrons. The summed E-state index contributed by atoms with van der Waals surface area (Å²) in [6.45, 7) is 6.14. The maximum Gasteiger partial charge on any atom is 0.0329 e. The van der Waals surface area contributed by atoms with Gasteiger partial charge in [0.1, 0.15) is 0 Å². The van der Waals surface area contributed by atoms with E-state index in [1.807, 2.05) is 19.2 Å². The predicted octanol–water partition coefficient (Wildman–Crippen LogP) is 1.57. The molecule has 2 heteroatoms. The van der Waals surface area contributed by atoms with Crippen molar-refractivity contribution in [3.05, 3.63) is 24.2 Å². The molecule has 0 aliphatic carbocycles. The Morgan fingerprint density at radius 2 is 2.10 bits per heavy atom. The maximum absolute atomic E-state index is 5.36. The van der Waals surface area contributed by atoms with Gasteiger partial charge in [-0.3, -0.25) is 0 Å². The highest BCUT2D eigenvalue weighted by Crippen LogP contribution is 2.02. The van der Waals surface area contributed by atoms with Crippen LogP contribution in [0.2, 0.25) is 0 Å². The molecule has 0 fully saturated rings. The molecule has 0 spiro atoms. The summed E-state index contributed by atoms with van der Waals surface area (Å²) in [7, 11) is 0. The summed E-state index contributed by atoms with van der Waals surface area (Å²) in [6.07, 6.45) is 5.41. The zero-order valence-corrected chi connectivity index (χ0v) is 6.89. The number of hydrogen-bond acceptors (Lipinski definition) is 2. The van der Waals surface area contributed by atoms with Gasteiger partial charge in [-0.05, 0) is 19.0 Å². The summed E-state index contributed by atoms with van der Waals surface area (Å²) in [4.78, 5) is 0. The number of allylic oxidation sites excluding steroid dienone is 2. The van der Waals surface area contributed by atoms with Crippen LogP contribution in [0.5, 0.6) is 0 Å². The summed E-state index contributed by atoms with van der Waals surface area (Å²) in [5.74, 6) is 0.459. The monoisotopic (exact) mass is 140 g/mol. The molecule has 0 aromatic rings. The Kier molecular flexibility index (Phi) is 4.46. The van der Waals surface area contributed by atoms with Gasteiger partial charge >= 0.3 is 0 Å². The van der Waals surface area contributed by atoms with Gasteiger partial charge < -0.3 is 11.1 Å². The lowest BCUT2D eigenvalue weighted by atomic mass is 10.1. The van der Waals surface area contributed by atoms with E-state index in [9.17, 15) is 0 Å². The second-order valence-electron chi connectivity index (χ2n) is 2.42. The minimum absolute atomic E-state index is 0.459. The molecule has 0 radical (unpaired) electrons. The van der Waals surface area contributed by atoms with Gasteiger partial charge in [0.2, 0.25) is 0 Å². The summed E-state index contributed by atoms with van der Waals surface area (Å²) < 4.78 is 0. The van der Waals surface area contributed by atoms with E-state index in [0.717, 1.165) is 5.70 Å². The Labute approximate surface area is 62.8 Å². The Morgan fingerprint density at radius 3 is 2.40 bits per heavy atom. The van der Waals surface area contributed by atoms with Gasteiger partial charge in [0.25, 0.3) is 0 Å². The number of nitrogens with one attached hydrogen (secondary N) is 1. The van der Waals surface area contributed by atoms with Crippen LogP contribution >= 0.6 is 0 Å². The van der Waals surface area contributed by atoms with E-state index in [0.29, 0.717) is 5.92 Å². The topological polar surface area (TPSA) is 38.0 Å². The van der Waals surface area contributed by atoms with Crippen molar-refractivity contribution in [3.63, 3.8) is 0 Å². The zero-order valence-electron chi connectivity index (χ0n) is 6.89. The van der Waals surface area contributed by atoms with Crippen LogP contribution in [0.3, 0.4) is 0 Å². The lowest BCUT2D eigenvalue weighted by Gasteiger charge is -2.08. The Hall–Kier alpha value is -0.920. The normalized spacial score (nSPS) is 13.0. The first-order chi connectivity index (χ1) is 4.72. The van der Waals surface area contributed by atoms with Crippen LogP contribution in [0.4, 0.5) is 0 Å². The minimum atomic E-state index is 0.459.